The average molecular weight is 399 g/mol. The number of rotatable bonds is 6. The quantitative estimate of drug-likeness (QED) is 0.456. The number of piperidine rings is 1. The van der Waals surface area contributed by atoms with Gasteiger partial charge in [0.1, 0.15) is 0 Å². The third-order valence-electron chi connectivity index (χ3n) is 5.29. The monoisotopic (exact) mass is 399 g/mol. The Kier molecular flexibility index (Phi) is 6.26. The van der Waals surface area contributed by atoms with Crippen molar-refractivity contribution in [2.75, 3.05) is 19.6 Å². The summed E-state index contributed by atoms with van der Waals surface area (Å²) < 4.78 is 1.36. The minimum Gasteiger partial charge on any atom is -0.343 e. The van der Waals surface area contributed by atoms with Gasteiger partial charge >= 0.3 is 0 Å². The van der Waals surface area contributed by atoms with Crippen molar-refractivity contribution in [3.8, 4) is 5.69 Å². The van der Waals surface area contributed by atoms with Crippen molar-refractivity contribution in [1.29, 1.82) is 0 Å². The highest BCUT2D eigenvalue weighted by atomic mass is 16.6. The number of aromatic nitrogens is 2. The van der Waals surface area contributed by atoms with E-state index in [1.54, 1.807) is 13.1 Å². The zero-order valence-corrected chi connectivity index (χ0v) is 16.6. The number of nitrogens with zero attached hydrogens (tertiary/aromatic N) is 4. The van der Waals surface area contributed by atoms with Crippen LogP contribution in [0, 0.1) is 23.0 Å². The maximum atomic E-state index is 12.7. The maximum Gasteiger partial charge on any atom is 0.280 e. The van der Waals surface area contributed by atoms with E-state index in [0.717, 1.165) is 25.9 Å². The van der Waals surface area contributed by atoms with Gasteiger partial charge in [0, 0.05) is 50.1 Å². The molecule has 154 valence electrons. The molecule has 2 aromatic rings. The van der Waals surface area contributed by atoms with Crippen LogP contribution in [0.25, 0.3) is 5.69 Å². The van der Waals surface area contributed by atoms with Gasteiger partial charge in [-0.15, -0.1) is 0 Å². The summed E-state index contributed by atoms with van der Waals surface area (Å²) in [6, 6.07) is 5.78. The summed E-state index contributed by atoms with van der Waals surface area (Å²) in [6.45, 7) is 5.82. The molecule has 0 atom stereocenters. The zero-order chi connectivity index (χ0) is 21.0. The van der Waals surface area contributed by atoms with Gasteiger partial charge in [-0.25, -0.2) is 4.68 Å². The number of non-ortho nitro benzene ring substituents is 1. The third kappa shape index (κ3) is 4.61. The summed E-state index contributed by atoms with van der Waals surface area (Å²) in [5, 5.41) is 13.8. The largest absolute Gasteiger partial charge is 0.343 e. The summed E-state index contributed by atoms with van der Waals surface area (Å²) in [5.41, 5.74) is 1.40. The molecule has 1 fully saturated rings. The lowest BCUT2D eigenvalue weighted by Gasteiger charge is -2.31. The van der Waals surface area contributed by atoms with Crippen LogP contribution in [-0.4, -0.2) is 51.4 Å². The number of carbonyl (C=O) groups excluding carboxylic acids is 1. The lowest BCUT2D eigenvalue weighted by molar-refractivity contribution is -0.384. The summed E-state index contributed by atoms with van der Waals surface area (Å²) in [4.78, 5) is 41.1. The van der Waals surface area contributed by atoms with E-state index >= 15 is 0 Å². The van der Waals surface area contributed by atoms with Crippen LogP contribution in [0.2, 0.25) is 0 Å². The summed E-state index contributed by atoms with van der Waals surface area (Å²) in [7, 11) is 0. The van der Waals surface area contributed by atoms with Crippen LogP contribution < -0.4 is 5.56 Å². The Hall–Kier alpha value is -3.23. The molecule has 2 heterocycles. The molecule has 3 rings (SSSR count). The molecular formula is C20H25N5O4. The molecule has 1 aromatic heterocycles. The van der Waals surface area contributed by atoms with Crippen LogP contribution in [0.5, 0.6) is 0 Å². The predicted octanol–water partition coefficient (Wildman–Crippen LogP) is 2.45. The van der Waals surface area contributed by atoms with Crippen LogP contribution in [0.15, 0.2) is 34.1 Å². The molecule has 9 nitrogen and oxygen atoms in total. The highest BCUT2D eigenvalue weighted by Crippen LogP contribution is 2.18. The van der Waals surface area contributed by atoms with Gasteiger partial charge in [-0.2, -0.15) is 0 Å². The molecule has 1 saturated heterocycles. The molecule has 1 aliphatic rings. The van der Waals surface area contributed by atoms with Gasteiger partial charge in [-0.1, -0.05) is 6.92 Å². The normalized spacial score (nSPS) is 15.2. The first-order valence-corrected chi connectivity index (χ1v) is 9.74. The van der Waals surface area contributed by atoms with Crippen molar-refractivity contribution in [1.82, 2.24) is 14.7 Å². The lowest BCUT2D eigenvalue weighted by atomic mass is 9.97. The molecule has 0 unspecified atom stereocenters. The van der Waals surface area contributed by atoms with E-state index in [1.807, 2.05) is 11.8 Å². The first-order valence-electron chi connectivity index (χ1n) is 9.74. The average Bonchev–Trinajstić information content (AvgIpc) is 3.02. The summed E-state index contributed by atoms with van der Waals surface area (Å²) in [5.74, 6) is 0.602. The number of aromatic amines is 1. The smallest absolute Gasteiger partial charge is 0.280 e. The van der Waals surface area contributed by atoms with Crippen LogP contribution in [0.4, 0.5) is 5.69 Å². The first-order chi connectivity index (χ1) is 13.9. The lowest BCUT2D eigenvalue weighted by Crippen LogP contribution is -2.38. The number of carbonyl (C=O) groups is 1. The Morgan fingerprint density at radius 2 is 1.97 bits per heavy atom. The van der Waals surface area contributed by atoms with E-state index in [4.69, 9.17) is 0 Å². The molecular weight excluding hydrogens is 374 g/mol. The Bertz CT molecular complexity index is 966. The van der Waals surface area contributed by atoms with Gasteiger partial charge in [0.25, 0.3) is 11.2 Å². The molecule has 0 saturated carbocycles. The Labute approximate surface area is 168 Å². The molecule has 1 N–H and O–H groups in total. The van der Waals surface area contributed by atoms with Crippen molar-refractivity contribution in [3.63, 3.8) is 0 Å². The molecule has 1 amide bonds. The minimum atomic E-state index is -0.479. The number of H-pyrrole nitrogens is 1. The topological polar surface area (TPSA) is 114 Å². The van der Waals surface area contributed by atoms with Crippen molar-refractivity contribution in [2.24, 2.45) is 10.9 Å². The second-order valence-electron chi connectivity index (χ2n) is 7.24. The number of nitrogens with one attached hydrogen (secondary N) is 1. The first kappa shape index (κ1) is 20.5. The second kappa shape index (κ2) is 8.85. The number of benzene rings is 1. The molecule has 9 heteroatoms. The number of hydrogen-bond donors (Lipinski definition) is 1. The SMILES string of the molecule is CCC(=O)N1CCC(CN=Cc2c(C)[nH]n(-c3ccc([N+](=O)[O-])cc3)c2=O)CC1. The Morgan fingerprint density at radius 3 is 2.55 bits per heavy atom. The Balaban J connectivity index is 1.66. The van der Waals surface area contributed by atoms with E-state index in [1.165, 1.54) is 28.9 Å². The van der Waals surface area contributed by atoms with Gasteiger partial charge in [0.05, 0.1) is 16.2 Å². The van der Waals surface area contributed by atoms with E-state index < -0.39 is 4.92 Å². The number of aliphatic imine (C=N–C) groups is 1. The van der Waals surface area contributed by atoms with E-state index in [9.17, 15) is 19.7 Å². The van der Waals surface area contributed by atoms with Crippen molar-refractivity contribution >= 4 is 17.8 Å². The highest BCUT2D eigenvalue weighted by Gasteiger charge is 2.21. The van der Waals surface area contributed by atoms with Crippen LogP contribution in [0.3, 0.4) is 0 Å². The molecule has 29 heavy (non-hydrogen) atoms. The molecule has 1 aliphatic heterocycles. The second-order valence-corrected chi connectivity index (χ2v) is 7.24. The van der Waals surface area contributed by atoms with Gasteiger partial charge in [0.15, 0.2) is 0 Å². The molecule has 0 bridgehead atoms. The fourth-order valence-electron chi connectivity index (χ4n) is 3.50. The summed E-state index contributed by atoms with van der Waals surface area (Å²) in [6.07, 6.45) is 3.97. The predicted molar refractivity (Wildman–Crippen MR) is 110 cm³/mol. The molecule has 0 spiro atoms. The minimum absolute atomic E-state index is 0.0291. The van der Waals surface area contributed by atoms with Crippen molar-refractivity contribution in [2.45, 2.75) is 33.1 Å². The van der Waals surface area contributed by atoms with Gasteiger partial charge < -0.3 is 4.90 Å². The number of nitro benzene ring substituents is 1. The van der Waals surface area contributed by atoms with Crippen molar-refractivity contribution < 1.29 is 9.72 Å². The van der Waals surface area contributed by atoms with Crippen molar-refractivity contribution in [3.05, 3.63) is 56.0 Å². The van der Waals surface area contributed by atoms with Gasteiger partial charge in [0.2, 0.25) is 5.91 Å². The molecule has 0 aliphatic carbocycles. The highest BCUT2D eigenvalue weighted by molar-refractivity contribution is 5.80. The number of nitro groups is 1. The zero-order valence-electron chi connectivity index (χ0n) is 16.6. The maximum absolute atomic E-state index is 12.7. The van der Waals surface area contributed by atoms with Crippen LogP contribution in [0.1, 0.15) is 37.4 Å². The number of amides is 1. The third-order valence-corrected chi connectivity index (χ3v) is 5.29. The van der Waals surface area contributed by atoms with Crippen LogP contribution in [-0.2, 0) is 4.79 Å². The van der Waals surface area contributed by atoms with E-state index in [2.05, 4.69) is 10.1 Å². The standard InChI is InChI=1S/C20H25N5O4/c1-3-19(26)23-10-8-15(9-11-23)12-21-13-18-14(2)22-24(20(18)27)16-4-6-17(7-5-16)25(28)29/h4-7,13,15,22H,3,8-12H2,1-2H3. The van der Waals surface area contributed by atoms with E-state index in [0.29, 0.717) is 35.8 Å². The molecule has 1 aromatic carbocycles. The summed E-state index contributed by atoms with van der Waals surface area (Å²) >= 11 is 0. The number of likely N-dealkylation sites (tertiary alicyclic amines) is 1. The van der Waals surface area contributed by atoms with E-state index in [-0.39, 0.29) is 17.2 Å². The molecule has 0 radical (unpaired) electrons. The fourth-order valence-corrected chi connectivity index (χ4v) is 3.50. The van der Waals surface area contributed by atoms with Crippen LogP contribution >= 0.6 is 0 Å². The number of aryl methyl sites for hydroxylation is 1. The fraction of sp³-hybridized carbons (Fsp3) is 0.450. The Morgan fingerprint density at radius 1 is 1.31 bits per heavy atom. The number of hydrogen-bond acceptors (Lipinski definition) is 5. The van der Waals surface area contributed by atoms with Gasteiger partial charge in [-0.05, 0) is 37.8 Å². The van der Waals surface area contributed by atoms with Gasteiger partial charge in [-0.3, -0.25) is 29.8 Å².